The zero-order valence-corrected chi connectivity index (χ0v) is 20.4. The van der Waals surface area contributed by atoms with E-state index in [4.69, 9.17) is 14.2 Å². The minimum Gasteiger partial charge on any atom is -0.492 e. The molecule has 1 atom stereocenters. The van der Waals surface area contributed by atoms with Gasteiger partial charge >= 0.3 is 0 Å². The first kappa shape index (κ1) is 23.0. The van der Waals surface area contributed by atoms with Crippen molar-refractivity contribution in [1.29, 1.82) is 0 Å². The number of anilines is 1. The fraction of sp³-hybridized carbons (Fsp3) is 0.333. The molecule has 3 aromatic rings. The van der Waals surface area contributed by atoms with Gasteiger partial charge in [-0.25, -0.2) is 0 Å². The van der Waals surface area contributed by atoms with Crippen molar-refractivity contribution in [3.63, 3.8) is 0 Å². The number of fused-ring (bicyclic) bond motifs is 2. The Bertz CT molecular complexity index is 1350. The Morgan fingerprint density at radius 3 is 2.66 bits per heavy atom. The summed E-state index contributed by atoms with van der Waals surface area (Å²) in [4.78, 5) is 27.4. The van der Waals surface area contributed by atoms with Crippen molar-refractivity contribution in [3.8, 4) is 17.2 Å². The predicted octanol–water partition coefficient (Wildman–Crippen LogP) is 3.46. The van der Waals surface area contributed by atoms with E-state index in [0.717, 1.165) is 47.7 Å². The van der Waals surface area contributed by atoms with E-state index < -0.39 is 5.91 Å². The normalized spacial score (nSPS) is 16.6. The van der Waals surface area contributed by atoms with Crippen LogP contribution in [-0.2, 0) is 19.9 Å². The van der Waals surface area contributed by atoms with Gasteiger partial charge < -0.3 is 24.1 Å². The molecule has 0 fully saturated rings. The second-order valence-corrected chi connectivity index (χ2v) is 9.07. The number of benzene rings is 2. The number of hydrogen-bond acceptors (Lipinski definition) is 6. The number of amides is 1. The number of aromatic nitrogens is 1. The fourth-order valence-electron chi connectivity index (χ4n) is 4.83. The van der Waals surface area contributed by atoms with Crippen molar-refractivity contribution in [3.05, 3.63) is 80.8 Å². The lowest BCUT2D eigenvalue weighted by Gasteiger charge is -2.36. The Morgan fingerprint density at radius 2 is 1.91 bits per heavy atom. The molecular formula is C27H29N3O5. The topological polar surface area (TPSA) is 82.0 Å². The fourth-order valence-corrected chi connectivity index (χ4v) is 4.83. The molecule has 0 saturated carbocycles. The molecule has 3 heterocycles. The number of pyridine rings is 1. The number of ether oxygens (including phenoxy) is 3. The molecule has 8 nitrogen and oxygen atoms in total. The summed E-state index contributed by atoms with van der Waals surface area (Å²) in [5.41, 5.74) is 4.72. The summed E-state index contributed by atoms with van der Waals surface area (Å²) in [6, 6.07) is 13.3. The molecule has 0 aliphatic carbocycles. The smallest absolute Gasteiger partial charge is 0.263 e. The van der Waals surface area contributed by atoms with Gasteiger partial charge in [0.2, 0.25) is 12.5 Å². The van der Waals surface area contributed by atoms with E-state index in [9.17, 15) is 9.59 Å². The first-order chi connectivity index (χ1) is 16.9. The van der Waals surface area contributed by atoms with Gasteiger partial charge in [-0.2, -0.15) is 0 Å². The molecule has 8 heteroatoms. The maximum atomic E-state index is 12.7. The number of hydrogen-bond donors (Lipinski definition) is 1. The Morgan fingerprint density at radius 1 is 1.14 bits per heavy atom. The number of carbonyl (C=O) groups excluding carboxylic acids is 1. The van der Waals surface area contributed by atoms with E-state index >= 15 is 0 Å². The molecule has 2 aliphatic heterocycles. The van der Waals surface area contributed by atoms with Crippen molar-refractivity contribution in [2.24, 2.45) is 7.05 Å². The highest BCUT2D eigenvalue weighted by Crippen LogP contribution is 2.49. The molecule has 35 heavy (non-hydrogen) atoms. The molecule has 2 aromatic carbocycles. The Balaban J connectivity index is 1.37. The van der Waals surface area contributed by atoms with E-state index in [1.165, 1.54) is 10.1 Å². The van der Waals surface area contributed by atoms with Crippen LogP contribution in [0.25, 0.3) is 0 Å². The average molecular weight is 476 g/mol. The van der Waals surface area contributed by atoms with Crippen LogP contribution in [0, 0.1) is 6.92 Å². The van der Waals surface area contributed by atoms with Crippen LogP contribution in [0.2, 0.25) is 0 Å². The zero-order valence-electron chi connectivity index (χ0n) is 20.4. The Hall–Kier alpha value is -3.78. The lowest BCUT2D eigenvalue weighted by molar-refractivity contribution is 0.102. The third-order valence-corrected chi connectivity index (χ3v) is 6.99. The van der Waals surface area contributed by atoms with Crippen LogP contribution in [0.5, 0.6) is 17.2 Å². The van der Waals surface area contributed by atoms with E-state index in [1.807, 2.05) is 31.2 Å². The molecule has 0 spiro atoms. The van der Waals surface area contributed by atoms with E-state index in [2.05, 4.69) is 23.3 Å². The van der Waals surface area contributed by atoms with Gasteiger partial charge in [-0.3, -0.25) is 14.5 Å². The van der Waals surface area contributed by atoms with E-state index in [1.54, 1.807) is 26.3 Å². The minimum atomic E-state index is -0.417. The third-order valence-electron chi connectivity index (χ3n) is 6.99. The number of rotatable bonds is 5. The van der Waals surface area contributed by atoms with Gasteiger partial charge in [-0.15, -0.1) is 0 Å². The van der Waals surface area contributed by atoms with Crippen molar-refractivity contribution in [2.75, 3.05) is 32.8 Å². The summed E-state index contributed by atoms with van der Waals surface area (Å²) in [6.45, 7) is 2.96. The second kappa shape index (κ2) is 9.11. The number of nitrogens with one attached hydrogen (secondary N) is 1. The SMILES string of the molecule is COc1c2c(cc3c1[C@H](Cc1ccc(NC(=O)c4ccc(C)n(C)c4=O)cc1)N(C)CC3)OCO2. The van der Waals surface area contributed by atoms with Crippen LogP contribution in [0.4, 0.5) is 5.69 Å². The molecule has 1 amide bonds. The highest BCUT2D eigenvalue weighted by Gasteiger charge is 2.34. The van der Waals surface area contributed by atoms with Crippen molar-refractivity contribution >= 4 is 11.6 Å². The Labute approximate surface area is 204 Å². The number of nitrogens with zero attached hydrogens (tertiary/aromatic N) is 2. The maximum Gasteiger partial charge on any atom is 0.263 e. The summed E-state index contributed by atoms with van der Waals surface area (Å²) in [5, 5.41) is 2.83. The third kappa shape index (κ3) is 4.14. The predicted molar refractivity (Wildman–Crippen MR) is 133 cm³/mol. The quantitative estimate of drug-likeness (QED) is 0.609. The molecule has 5 rings (SSSR count). The largest absolute Gasteiger partial charge is 0.492 e. The minimum absolute atomic E-state index is 0.110. The van der Waals surface area contributed by atoms with Crippen molar-refractivity contribution in [2.45, 2.75) is 25.8 Å². The first-order valence-electron chi connectivity index (χ1n) is 11.6. The standard InChI is InChI=1S/C27H29N3O5/c1-16-5-10-20(27(32)30(16)3)26(31)28-19-8-6-17(7-9-19)13-21-23-18(11-12-29(21)2)14-22-24(25(23)33-4)35-15-34-22/h5-10,14,21H,11-13,15H2,1-4H3,(H,28,31)/t21-/m0/s1. The molecule has 0 radical (unpaired) electrons. The van der Waals surface area contributed by atoms with E-state index in [-0.39, 0.29) is 24.0 Å². The Kier molecular flexibility index (Phi) is 5.98. The van der Waals surface area contributed by atoms with Crippen LogP contribution < -0.4 is 25.1 Å². The molecule has 0 unspecified atom stereocenters. The van der Waals surface area contributed by atoms with Crippen LogP contribution in [-0.4, -0.2) is 42.9 Å². The summed E-state index contributed by atoms with van der Waals surface area (Å²) in [7, 11) is 5.45. The zero-order chi connectivity index (χ0) is 24.7. The number of methoxy groups -OCH3 is 1. The highest BCUT2D eigenvalue weighted by molar-refractivity contribution is 6.04. The molecule has 0 saturated heterocycles. The van der Waals surface area contributed by atoms with Gasteiger partial charge in [0.05, 0.1) is 7.11 Å². The first-order valence-corrected chi connectivity index (χ1v) is 11.6. The van der Waals surface area contributed by atoms with E-state index in [0.29, 0.717) is 11.4 Å². The van der Waals surface area contributed by atoms with Crippen LogP contribution in [0.15, 0.2) is 47.3 Å². The molecule has 0 bridgehead atoms. The van der Waals surface area contributed by atoms with Gasteiger partial charge in [0, 0.05) is 36.6 Å². The van der Waals surface area contributed by atoms with Gasteiger partial charge in [-0.1, -0.05) is 12.1 Å². The number of likely N-dealkylation sites (N-methyl/N-ethyl adjacent to an activating group) is 1. The molecule has 182 valence electrons. The summed E-state index contributed by atoms with van der Waals surface area (Å²) < 4.78 is 18.6. The second-order valence-electron chi connectivity index (χ2n) is 9.07. The van der Waals surface area contributed by atoms with Gasteiger partial charge in [-0.05, 0) is 68.3 Å². The average Bonchev–Trinajstić information content (AvgIpc) is 3.32. The number of carbonyl (C=O) groups is 1. The van der Waals surface area contributed by atoms with Crippen LogP contribution in [0.1, 0.15) is 38.8 Å². The molecular weight excluding hydrogens is 446 g/mol. The van der Waals surface area contributed by atoms with Crippen molar-refractivity contribution in [1.82, 2.24) is 9.47 Å². The number of aryl methyl sites for hydroxylation is 1. The molecule has 2 aliphatic rings. The molecule has 1 N–H and O–H groups in total. The summed E-state index contributed by atoms with van der Waals surface area (Å²) >= 11 is 0. The van der Waals surface area contributed by atoms with Gasteiger partial charge in [0.1, 0.15) is 5.56 Å². The monoisotopic (exact) mass is 475 g/mol. The van der Waals surface area contributed by atoms with Crippen LogP contribution in [0.3, 0.4) is 0 Å². The van der Waals surface area contributed by atoms with Gasteiger partial charge in [0.15, 0.2) is 11.5 Å². The van der Waals surface area contributed by atoms with Gasteiger partial charge in [0.25, 0.3) is 11.5 Å². The summed E-state index contributed by atoms with van der Waals surface area (Å²) in [6.07, 6.45) is 1.69. The molecule has 1 aromatic heterocycles. The maximum absolute atomic E-state index is 12.7. The lowest BCUT2D eigenvalue weighted by Crippen LogP contribution is -2.33. The lowest BCUT2D eigenvalue weighted by atomic mass is 9.87. The summed E-state index contributed by atoms with van der Waals surface area (Å²) in [5.74, 6) is 1.74. The highest BCUT2D eigenvalue weighted by atomic mass is 16.7. The van der Waals surface area contributed by atoms with Crippen LogP contribution >= 0.6 is 0 Å². The van der Waals surface area contributed by atoms with Crippen molar-refractivity contribution < 1.29 is 19.0 Å².